The van der Waals surface area contributed by atoms with Gasteiger partial charge >= 0.3 is 0 Å². The Kier molecular flexibility index (Phi) is 4.44. The fraction of sp³-hybridized carbons (Fsp3) is 0.429. The van der Waals surface area contributed by atoms with E-state index < -0.39 is 0 Å². The Balaban J connectivity index is 2.32. The van der Waals surface area contributed by atoms with Crippen molar-refractivity contribution in [2.45, 2.75) is 32.7 Å². The largest absolute Gasteiger partial charge is 0.309 e. The lowest BCUT2D eigenvalue weighted by Crippen LogP contribution is -2.17. The molecular formula is C14H19N3S. The maximum atomic E-state index is 4.19. The zero-order valence-electron chi connectivity index (χ0n) is 11.1. The standard InChI is InChI=1S/C14H19N3S/c1-4-10-6-8-11(9-7-10)13(15-3)14-12(5-2)16-17-18-14/h6-9,13,15H,4-5H2,1-3H3. The molecule has 2 rings (SSSR count). The molecule has 96 valence electrons. The number of nitrogens with one attached hydrogen (secondary N) is 1. The molecular weight excluding hydrogens is 242 g/mol. The van der Waals surface area contributed by atoms with Crippen molar-refractivity contribution >= 4 is 11.5 Å². The molecule has 4 heteroatoms. The maximum Gasteiger partial charge on any atom is 0.0804 e. The monoisotopic (exact) mass is 261 g/mol. The molecule has 0 fully saturated rings. The third kappa shape index (κ3) is 2.60. The van der Waals surface area contributed by atoms with E-state index in [2.05, 4.69) is 53.0 Å². The molecule has 0 spiro atoms. The van der Waals surface area contributed by atoms with Crippen LogP contribution in [0.4, 0.5) is 0 Å². The van der Waals surface area contributed by atoms with Gasteiger partial charge in [0.05, 0.1) is 16.6 Å². The van der Waals surface area contributed by atoms with E-state index in [9.17, 15) is 0 Å². The zero-order chi connectivity index (χ0) is 13.0. The van der Waals surface area contributed by atoms with Gasteiger partial charge in [-0.1, -0.05) is 42.6 Å². The second-order valence-corrected chi connectivity index (χ2v) is 5.04. The van der Waals surface area contributed by atoms with Gasteiger partial charge < -0.3 is 5.32 Å². The smallest absolute Gasteiger partial charge is 0.0804 e. The highest BCUT2D eigenvalue weighted by Gasteiger charge is 2.18. The van der Waals surface area contributed by atoms with Crippen molar-refractivity contribution in [1.29, 1.82) is 0 Å². The van der Waals surface area contributed by atoms with Gasteiger partial charge in [-0.2, -0.15) is 0 Å². The first-order chi connectivity index (χ1) is 8.80. The van der Waals surface area contributed by atoms with Gasteiger partial charge in [-0.15, -0.1) is 5.10 Å². The molecule has 1 N–H and O–H groups in total. The molecule has 2 aromatic rings. The summed E-state index contributed by atoms with van der Waals surface area (Å²) in [5.41, 5.74) is 3.74. The number of rotatable bonds is 5. The molecule has 0 aliphatic carbocycles. The molecule has 0 radical (unpaired) electrons. The van der Waals surface area contributed by atoms with E-state index >= 15 is 0 Å². The highest BCUT2D eigenvalue weighted by Crippen LogP contribution is 2.27. The third-order valence-electron chi connectivity index (χ3n) is 3.19. The van der Waals surface area contributed by atoms with Gasteiger partial charge in [0.25, 0.3) is 0 Å². The van der Waals surface area contributed by atoms with Crippen molar-refractivity contribution < 1.29 is 0 Å². The van der Waals surface area contributed by atoms with Crippen LogP contribution in [0.15, 0.2) is 24.3 Å². The number of benzene rings is 1. The number of aryl methyl sites for hydroxylation is 2. The minimum Gasteiger partial charge on any atom is -0.309 e. The quantitative estimate of drug-likeness (QED) is 0.899. The predicted molar refractivity (Wildman–Crippen MR) is 76.0 cm³/mol. The Morgan fingerprint density at radius 3 is 2.44 bits per heavy atom. The van der Waals surface area contributed by atoms with Gasteiger partial charge in [0.15, 0.2) is 0 Å². The molecule has 0 aliphatic heterocycles. The van der Waals surface area contributed by atoms with E-state index in [0.717, 1.165) is 18.5 Å². The van der Waals surface area contributed by atoms with Crippen LogP contribution in [0.1, 0.15) is 41.6 Å². The van der Waals surface area contributed by atoms with Crippen LogP contribution in [0.3, 0.4) is 0 Å². The minimum atomic E-state index is 0.200. The Bertz CT molecular complexity index is 490. The van der Waals surface area contributed by atoms with Crippen molar-refractivity contribution in [2.75, 3.05) is 7.05 Å². The van der Waals surface area contributed by atoms with Crippen molar-refractivity contribution in [3.63, 3.8) is 0 Å². The van der Waals surface area contributed by atoms with Gasteiger partial charge in [0.1, 0.15) is 0 Å². The number of nitrogens with zero attached hydrogens (tertiary/aromatic N) is 2. The number of hydrogen-bond acceptors (Lipinski definition) is 4. The summed E-state index contributed by atoms with van der Waals surface area (Å²) in [5, 5.41) is 7.55. The summed E-state index contributed by atoms with van der Waals surface area (Å²) in [4.78, 5) is 1.23. The SMILES string of the molecule is CCc1ccc(C(NC)c2snnc2CC)cc1. The molecule has 1 atom stereocenters. The second-order valence-electron chi connectivity index (χ2n) is 4.25. The van der Waals surface area contributed by atoms with Crippen LogP contribution in [0.5, 0.6) is 0 Å². The van der Waals surface area contributed by atoms with E-state index in [4.69, 9.17) is 0 Å². The first-order valence-corrected chi connectivity index (χ1v) is 7.14. The van der Waals surface area contributed by atoms with E-state index in [1.165, 1.54) is 27.5 Å². The topological polar surface area (TPSA) is 37.8 Å². The summed E-state index contributed by atoms with van der Waals surface area (Å²) in [6, 6.07) is 8.98. The van der Waals surface area contributed by atoms with Gasteiger partial charge in [0.2, 0.25) is 0 Å². The van der Waals surface area contributed by atoms with Crippen LogP contribution in [0, 0.1) is 0 Å². The summed E-state index contributed by atoms with van der Waals surface area (Å²) in [7, 11) is 1.98. The lowest BCUT2D eigenvalue weighted by Gasteiger charge is -2.16. The summed E-state index contributed by atoms with van der Waals surface area (Å²) in [6.07, 6.45) is 2.00. The predicted octanol–water partition coefficient (Wildman–Crippen LogP) is 2.97. The van der Waals surface area contributed by atoms with Crippen LogP contribution < -0.4 is 5.32 Å². The summed E-state index contributed by atoms with van der Waals surface area (Å²) in [5.74, 6) is 0. The first-order valence-electron chi connectivity index (χ1n) is 6.37. The fourth-order valence-corrected chi connectivity index (χ4v) is 2.95. The first kappa shape index (κ1) is 13.2. The second kappa shape index (κ2) is 6.07. The summed E-state index contributed by atoms with van der Waals surface area (Å²) in [6.45, 7) is 4.29. The van der Waals surface area contributed by atoms with Crippen molar-refractivity contribution in [3.05, 3.63) is 46.0 Å². The lowest BCUT2D eigenvalue weighted by molar-refractivity contribution is 0.692. The molecule has 18 heavy (non-hydrogen) atoms. The molecule has 1 heterocycles. The van der Waals surface area contributed by atoms with Crippen LogP contribution in [0.2, 0.25) is 0 Å². The highest BCUT2D eigenvalue weighted by molar-refractivity contribution is 7.05. The van der Waals surface area contributed by atoms with Gasteiger partial charge in [-0.3, -0.25) is 0 Å². The minimum absolute atomic E-state index is 0.200. The molecule has 0 saturated carbocycles. The van der Waals surface area contributed by atoms with Crippen molar-refractivity contribution in [1.82, 2.24) is 14.9 Å². The van der Waals surface area contributed by atoms with Crippen LogP contribution in [-0.2, 0) is 12.8 Å². The van der Waals surface area contributed by atoms with E-state index in [1.807, 2.05) is 7.05 Å². The molecule has 1 aromatic heterocycles. The van der Waals surface area contributed by atoms with E-state index in [-0.39, 0.29) is 6.04 Å². The van der Waals surface area contributed by atoms with E-state index in [1.54, 1.807) is 0 Å². The highest BCUT2D eigenvalue weighted by atomic mass is 32.1. The lowest BCUT2D eigenvalue weighted by atomic mass is 10.0. The van der Waals surface area contributed by atoms with E-state index in [0.29, 0.717) is 0 Å². The number of hydrogen-bond donors (Lipinski definition) is 1. The molecule has 0 aliphatic rings. The zero-order valence-corrected chi connectivity index (χ0v) is 11.9. The summed E-state index contributed by atoms with van der Waals surface area (Å²) < 4.78 is 4.07. The van der Waals surface area contributed by atoms with Crippen molar-refractivity contribution in [2.24, 2.45) is 0 Å². The normalized spacial score (nSPS) is 12.6. The average Bonchev–Trinajstić information content (AvgIpc) is 2.89. The fourth-order valence-electron chi connectivity index (χ4n) is 2.07. The van der Waals surface area contributed by atoms with Gasteiger partial charge in [-0.25, -0.2) is 0 Å². The Morgan fingerprint density at radius 2 is 1.89 bits per heavy atom. The third-order valence-corrected chi connectivity index (χ3v) is 4.02. The number of aromatic nitrogens is 2. The Morgan fingerprint density at radius 1 is 1.17 bits per heavy atom. The Hall–Kier alpha value is -1.26. The molecule has 0 amide bonds. The van der Waals surface area contributed by atoms with Crippen molar-refractivity contribution in [3.8, 4) is 0 Å². The molecule has 0 saturated heterocycles. The molecule has 1 unspecified atom stereocenters. The molecule has 3 nitrogen and oxygen atoms in total. The van der Waals surface area contributed by atoms with Gasteiger partial charge in [-0.05, 0) is 42.5 Å². The molecule has 0 bridgehead atoms. The van der Waals surface area contributed by atoms with Crippen LogP contribution in [-0.4, -0.2) is 16.6 Å². The van der Waals surface area contributed by atoms with Gasteiger partial charge in [0, 0.05) is 0 Å². The summed E-state index contributed by atoms with van der Waals surface area (Å²) >= 11 is 1.49. The average molecular weight is 261 g/mol. The Labute approximate surface area is 112 Å². The van der Waals surface area contributed by atoms with Crippen LogP contribution in [0.25, 0.3) is 0 Å². The maximum absolute atomic E-state index is 4.19. The molecule has 1 aromatic carbocycles. The van der Waals surface area contributed by atoms with Crippen LogP contribution >= 0.6 is 11.5 Å².